The molecule has 11 rings (SSSR count). The molecule has 5 aromatic heterocycles. The molecule has 0 aliphatic carbocycles. The molecule has 1 N–H and O–H groups in total. The van der Waals surface area contributed by atoms with Crippen molar-refractivity contribution >= 4 is 61.2 Å². The zero-order valence-corrected chi connectivity index (χ0v) is 33.6. The number of para-hydroxylation sites is 4. The number of benzene rings is 5. The van der Waals surface area contributed by atoms with Gasteiger partial charge < -0.3 is 19.0 Å². The molecule has 6 heterocycles. The maximum absolute atomic E-state index is 12.0. The Balaban J connectivity index is 0.00000384. The fraction of sp³-hybridized carbons (Fsp3) is 0.125. The maximum Gasteiger partial charge on any atom is 2.00 e. The number of imidazole rings is 1. The second kappa shape index (κ2) is 12.2. The van der Waals surface area contributed by atoms with Crippen molar-refractivity contribution in [3.63, 3.8) is 0 Å². The van der Waals surface area contributed by atoms with E-state index < -0.39 is 5.41 Å². The molecule has 0 fully saturated rings. The first kappa shape index (κ1) is 34.3. The number of pyridine rings is 1. The number of nitrogens with zero attached hydrogens (tertiary/aromatic N) is 6. The van der Waals surface area contributed by atoms with Gasteiger partial charge in [-0.2, -0.15) is 28.5 Å². The molecule has 0 atom stereocenters. The predicted octanol–water partition coefficient (Wildman–Crippen LogP) is 10.5. The van der Waals surface area contributed by atoms with Crippen molar-refractivity contribution in [2.45, 2.75) is 38.5 Å². The number of hydrogen-bond donors (Lipinski definition) is 1. The van der Waals surface area contributed by atoms with Gasteiger partial charge in [-0.15, -0.1) is 6.07 Å². The molecule has 10 aromatic rings. The number of aromatic hydroxyl groups is 1. The van der Waals surface area contributed by atoms with E-state index in [9.17, 15) is 5.11 Å². The van der Waals surface area contributed by atoms with E-state index in [0.717, 1.165) is 67.1 Å². The Morgan fingerprint density at radius 1 is 0.643 bits per heavy atom. The third-order valence-corrected chi connectivity index (χ3v) is 12.3. The Kier molecular flexibility index (Phi) is 7.46. The van der Waals surface area contributed by atoms with Gasteiger partial charge in [0.25, 0.3) is 0 Å². The Morgan fingerprint density at radius 3 is 2.09 bits per heavy atom. The molecule has 56 heavy (non-hydrogen) atoms. The van der Waals surface area contributed by atoms with Crippen LogP contribution in [0.3, 0.4) is 0 Å². The van der Waals surface area contributed by atoms with E-state index in [2.05, 4.69) is 166 Å². The molecule has 5 aromatic carbocycles. The molecule has 0 saturated heterocycles. The summed E-state index contributed by atoms with van der Waals surface area (Å²) in [5.41, 5.74) is 10.8. The molecule has 1 aliphatic heterocycles. The molecule has 8 heteroatoms. The SMILES string of the molecule is CC1(C)c2cccc3c2n2c(c(N(c4[c-]c(-n5[c-]c(-[n+]6ccccc6)c6ccccc65)ccc4)c4ccccc4)nc2c2c(O)c4ccccc4n32)C1(C)C.[Pt+2]. The fourth-order valence-corrected chi connectivity index (χ4v) is 8.95. The minimum Gasteiger partial charge on any atom is -0.505 e. The van der Waals surface area contributed by atoms with E-state index >= 15 is 0 Å². The zero-order valence-electron chi connectivity index (χ0n) is 31.3. The first-order valence-corrected chi connectivity index (χ1v) is 18.7. The molecule has 0 amide bonds. The first-order valence-electron chi connectivity index (χ1n) is 18.7. The molecule has 0 spiro atoms. The minimum atomic E-state index is -0.403. The summed E-state index contributed by atoms with van der Waals surface area (Å²) in [6.07, 6.45) is 7.79. The number of fused-ring (bicyclic) bond motifs is 6. The summed E-state index contributed by atoms with van der Waals surface area (Å²) in [5, 5.41) is 13.9. The van der Waals surface area contributed by atoms with Crippen molar-refractivity contribution in [2.75, 3.05) is 4.90 Å². The second-order valence-electron chi connectivity index (χ2n) is 15.6. The van der Waals surface area contributed by atoms with Crippen LogP contribution in [0, 0.1) is 12.3 Å². The summed E-state index contributed by atoms with van der Waals surface area (Å²) in [7, 11) is 0. The normalized spacial score (nSPS) is 14.3. The van der Waals surface area contributed by atoms with Crippen molar-refractivity contribution in [3.8, 4) is 17.1 Å². The van der Waals surface area contributed by atoms with Crippen LogP contribution in [0.2, 0.25) is 0 Å². The monoisotopic (exact) mass is 908 g/mol. The number of rotatable bonds is 5. The average Bonchev–Trinajstić information content (AvgIpc) is 3.89. The van der Waals surface area contributed by atoms with Gasteiger partial charge >= 0.3 is 21.1 Å². The third kappa shape index (κ3) is 4.49. The van der Waals surface area contributed by atoms with E-state index in [1.54, 1.807) is 0 Å². The van der Waals surface area contributed by atoms with Crippen LogP contribution >= 0.6 is 0 Å². The summed E-state index contributed by atoms with van der Waals surface area (Å²) in [6, 6.07) is 49.7. The molecule has 0 unspecified atom stereocenters. The minimum absolute atomic E-state index is 0. The summed E-state index contributed by atoms with van der Waals surface area (Å²) in [5.74, 6) is 1.03. The van der Waals surface area contributed by atoms with Crippen molar-refractivity contribution in [1.29, 1.82) is 0 Å². The van der Waals surface area contributed by atoms with E-state index in [1.807, 2.05) is 42.5 Å². The summed E-state index contributed by atoms with van der Waals surface area (Å²) in [4.78, 5) is 7.87. The van der Waals surface area contributed by atoms with Gasteiger partial charge in [0.05, 0.1) is 22.2 Å². The van der Waals surface area contributed by atoms with Gasteiger partial charge in [0.2, 0.25) is 0 Å². The van der Waals surface area contributed by atoms with E-state index in [-0.39, 0.29) is 32.2 Å². The molecular weight excluding hydrogens is 872 g/mol. The van der Waals surface area contributed by atoms with Crippen LogP contribution in [0.1, 0.15) is 39.0 Å². The van der Waals surface area contributed by atoms with Crippen molar-refractivity contribution in [2.24, 2.45) is 0 Å². The van der Waals surface area contributed by atoms with Crippen LogP contribution in [0.15, 0.2) is 146 Å². The quantitative estimate of drug-likeness (QED) is 0.138. The molecule has 0 radical (unpaired) electrons. The molecule has 1 aliphatic rings. The number of aromatic nitrogens is 5. The van der Waals surface area contributed by atoms with Gasteiger partial charge in [-0.25, -0.2) is 4.98 Å². The average molecular weight is 909 g/mol. The Morgan fingerprint density at radius 2 is 1.30 bits per heavy atom. The van der Waals surface area contributed by atoms with Crippen molar-refractivity contribution < 1.29 is 30.7 Å². The number of hydrogen-bond acceptors (Lipinski definition) is 3. The van der Waals surface area contributed by atoms with E-state index in [4.69, 9.17) is 4.98 Å². The van der Waals surface area contributed by atoms with Crippen LogP contribution in [-0.4, -0.2) is 23.5 Å². The van der Waals surface area contributed by atoms with Gasteiger partial charge in [0.15, 0.2) is 29.6 Å². The van der Waals surface area contributed by atoms with Crippen molar-refractivity contribution in [3.05, 3.63) is 169 Å². The molecule has 0 bridgehead atoms. The summed E-state index contributed by atoms with van der Waals surface area (Å²) >= 11 is 0. The smallest absolute Gasteiger partial charge is 0.505 e. The molecule has 274 valence electrons. The van der Waals surface area contributed by atoms with Crippen LogP contribution in [0.4, 0.5) is 17.2 Å². The van der Waals surface area contributed by atoms with Gasteiger partial charge in [0, 0.05) is 40.2 Å². The Labute approximate surface area is 338 Å². The zero-order chi connectivity index (χ0) is 37.2. The third-order valence-electron chi connectivity index (χ3n) is 12.3. The standard InChI is InChI=1S/C48H37N6O.Pt/c1-47(2)36-23-16-26-39-41(36)54-44(48(47,3)4)46(49-45(54)42-43(55)35-22-10-12-25-38(35)53(39)42)52(31-17-7-5-8-18-31)33-20-15-19-32(29-33)51-30-40(50-27-13-6-14-28-50)34-21-9-11-24-37(34)51;/h5-28,55H,1-4H3;/q-1;+2. The fourth-order valence-electron chi connectivity index (χ4n) is 8.95. The van der Waals surface area contributed by atoms with Crippen LogP contribution < -0.4 is 9.47 Å². The largest absolute Gasteiger partial charge is 2.00 e. The maximum atomic E-state index is 12.0. The number of anilines is 3. The molecule has 0 saturated carbocycles. The Hall–Kier alpha value is -6.17. The van der Waals surface area contributed by atoms with Crippen LogP contribution in [0.25, 0.3) is 55.4 Å². The topological polar surface area (TPSA) is 54.0 Å². The van der Waals surface area contributed by atoms with Gasteiger partial charge in [0.1, 0.15) is 11.2 Å². The van der Waals surface area contributed by atoms with E-state index in [0.29, 0.717) is 11.2 Å². The van der Waals surface area contributed by atoms with Gasteiger partial charge in [-0.1, -0.05) is 112 Å². The summed E-state index contributed by atoms with van der Waals surface area (Å²) < 4.78 is 8.73. The second-order valence-corrected chi connectivity index (χ2v) is 15.6. The van der Waals surface area contributed by atoms with E-state index in [1.165, 1.54) is 5.56 Å². The van der Waals surface area contributed by atoms with Crippen LogP contribution in [-0.2, 0) is 31.9 Å². The predicted molar refractivity (Wildman–Crippen MR) is 220 cm³/mol. The van der Waals surface area contributed by atoms with Gasteiger partial charge in [-0.3, -0.25) is 4.40 Å². The van der Waals surface area contributed by atoms with Crippen LogP contribution in [0.5, 0.6) is 5.75 Å². The summed E-state index contributed by atoms with van der Waals surface area (Å²) in [6.45, 7) is 9.34. The molecule has 7 nitrogen and oxygen atoms in total. The molecular formula is C48H37N6OPt+. The van der Waals surface area contributed by atoms with Gasteiger partial charge in [-0.05, 0) is 41.3 Å². The Bertz CT molecular complexity index is 3180. The van der Waals surface area contributed by atoms with Crippen molar-refractivity contribution in [1.82, 2.24) is 18.4 Å². The first-order chi connectivity index (χ1) is 26.8.